The number of carbonyl (C=O) groups is 2. The van der Waals surface area contributed by atoms with Crippen LogP contribution in [0.25, 0.3) is 0 Å². The summed E-state index contributed by atoms with van der Waals surface area (Å²) in [6.45, 7) is 7.38. The van der Waals surface area contributed by atoms with Crippen molar-refractivity contribution in [3.05, 3.63) is 5.01 Å². The van der Waals surface area contributed by atoms with Crippen molar-refractivity contribution >= 4 is 28.5 Å². The molecule has 1 atom stereocenters. The van der Waals surface area contributed by atoms with E-state index in [9.17, 15) is 9.59 Å². The van der Waals surface area contributed by atoms with Gasteiger partial charge in [-0.15, -0.1) is 10.2 Å². The first-order valence-electron chi connectivity index (χ1n) is 8.04. The first-order valence-corrected chi connectivity index (χ1v) is 8.86. The molecule has 2 heterocycles. The molecule has 0 aliphatic carbocycles. The van der Waals surface area contributed by atoms with E-state index in [4.69, 9.17) is 4.74 Å². The van der Waals surface area contributed by atoms with Gasteiger partial charge in [-0.25, -0.2) is 4.79 Å². The lowest BCUT2D eigenvalue weighted by atomic mass is 9.97. The van der Waals surface area contributed by atoms with E-state index in [1.807, 2.05) is 0 Å². The summed E-state index contributed by atoms with van der Waals surface area (Å²) in [5.74, 6) is 0.167. The largest absolute Gasteiger partial charge is 0.450 e. The number of anilines is 1. The number of nitrogens with one attached hydrogen (secondary N) is 1. The maximum absolute atomic E-state index is 12.4. The summed E-state index contributed by atoms with van der Waals surface area (Å²) >= 11 is 1.41. The number of piperidine rings is 1. The Kier molecular flexibility index (Phi) is 6.32. The highest BCUT2D eigenvalue weighted by molar-refractivity contribution is 7.15. The summed E-state index contributed by atoms with van der Waals surface area (Å²) in [6, 6.07) is 0. The quantitative estimate of drug-likeness (QED) is 0.890. The monoisotopic (exact) mass is 340 g/mol. The van der Waals surface area contributed by atoms with Crippen molar-refractivity contribution in [2.75, 3.05) is 25.0 Å². The number of likely N-dealkylation sites (tertiary alicyclic amines) is 1. The van der Waals surface area contributed by atoms with Crippen molar-refractivity contribution in [3.8, 4) is 0 Å². The Morgan fingerprint density at radius 1 is 1.43 bits per heavy atom. The number of nitrogens with zero attached hydrogens (tertiary/aromatic N) is 3. The molecule has 1 N–H and O–H groups in total. The molecular formula is C15H24N4O3S. The standard InChI is InChI=1S/C15H24N4O3S/c1-4-22-15(21)19-7-5-6-11(9-19)13(20)16-14-18-17-12(23-14)8-10(2)3/h10-11H,4-9H2,1-3H3,(H,16,18,20). The van der Waals surface area contributed by atoms with Crippen LogP contribution >= 0.6 is 11.3 Å². The normalized spacial score (nSPS) is 18.1. The van der Waals surface area contributed by atoms with Crippen LogP contribution in [-0.2, 0) is 16.0 Å². The second-order valence-electron chi connectivity index (χ2n) is 6.07. The van der Waals surface area contributed by atoms with Gasteiger partial charge in [0.25, 0.3) is 0 Å². The summed E-state index contributed by atoms with van der Waals surface area (Å²) in [7, 11) is 0. The average Bonchev–Trinajstić information content (AvgIpc) is 2.93. The molecule has 1 aliphatic heterocycles. The predicted molar refractivity (Wildman–Crippen MR) is 88.4 cm³/mol. The van der Waals surface area contributed by atoms with Gasteiger partial charge in [0.15, 0.2) is 0 Å². The zero-order valence-corrected chi connectivity index (χ0v) is 14.7. The summed E-state index contributed by atoms with van der Waals surface area (Å²) in [5.41, 5.74) is 0. The minimum absolute atomic E-state index is 0.105. The van der Waals surface area contributed by atoms with Gasteiger partial charge in [-0.05, 0) is 25.7 Å². The molecule has 23 heavy (non-hydrogen) atoms. The van der Waals surface area contributed by atoms with Gasteiger partial charge >= 0.3 is 6.09 Å². The average molecular weight is 340 g/mol. The second kappa shape index (κ2) is 8.24. The van der Waals surface area contributed by atoms with E-state index in [0.717, 1.165) is 24.3 Å². The molecular weight excluding hydrogens is 316 g/mol. The third-order valence-corrected chi connectivity index (χ3v) is 4.46. The van der Waals surface area contributed by atoms with E-state index in [2.05, 4.69) is 29.4 Å². The lowest BCUT2D eigenvalue weighted by Crippen LogP contribution is -2.44. The summed E-state index contributed by atoms with van der Waals surface area (Å²) < 4.78 is 5.00. The molecule has 2 amide bonds. The Labute approximate surface area is 140 Å². The minimum Gasteiger partial charge on any atom is -0.450 e. The van der Waals surface area contributed by atoms with Crippen molar-refractivity contribution in [2.45, 2.75) is 40.0 Å². The lowest BCUT2D eigenvalue weighted by Gasteiger charge is -2.30. The molecule has 0 radical (unpaired) electrons. The molecule has 1 aromatic heterocycles. The van der Waals surface area contributed by atoms with Gasteiger partial charge in [-0.1, -0.05) is 25.2 Å². The van der Waals surface area contributed by atoms with Crippen molar-refractivity contribution in [1.29, 1.82) is 0 Å². The summed E-state index contributed by atoms with van der Waals surface area (Å²) in [6.07, 6.45) is 2.07. The second-order valence-corrected chi connectivity index (χ2v) is 7.13. The maximum atomic E-state index is 12.4. The Hall–Kier alpha value is -1.70. The molecule has 1 aromatic rings. The highest BCUT2D eigenvalue weighted by Gasteiger charge is 2.29. The molecule has 1 aliphatic rings. The fourth-order valence-corrected chi connectivity index (χ4v) is 3.47. The van der Waals surface area contributed by atoms with Gasteiger partial charge in [0, 0.05) is 19.5 Å². The van der Waals surface area contributed by atoms with Gasteiger partial charge < -0.3 is 15.0 Å². The predicted octanol–water partition coefficient (Wildman–Crippen LogP) is 2.54. The molecule has 1 fully saturated rings. The van der Waals surface area contributed by atoms with Crippen LogP contribution in [-0.4, -0.2) is 46.8 Å². The van der Waals surface area contributed by atoms with Crippen LogP contribution in [0.2, 0.25) is 0 Å². The molecule has 1 unspecified atom stereocenters. The summed E-state index contributed by atoms with van der Waals surface area (Å²) in [5, 5.41) is 12.4. The number of hydrogen-bond acceptors (Lipinski definition) is 6. The van der Waals surface area contributed by atoms with E-state index < -0.39 is 0 Å². The Balaban J connectivity index is 1.89. The third-order valence-electron chi connectivity index (χ3n) is 3.60. The minimum atomic E-state index is -0.347. The van der Waals surface area contributed by atoms with Crippen LogP contribution in [0.1, 0.15) is 38.6 Å². The Morgan fingerprint density at radius 3 is 2.91 bits per heavy atom. The van der Waals surface area contributed by atoms with Crippen LogP contribution < -0.4 is 5.32 Å². The van der Waals surface area contributed by atoms with Crippen LogP contribution in [0.15, 0.2) is 0 Å². The number of aromatic nitrogens is 2. The molecule has 1 saturated heterocycles. The molecule has 0 spiro atoms. The fraction of sp³-hybridized carbons (Fsp3) is 0.733. The van der Waals surface area contributed by atoms with Gasteiger partial charge in [0.1, 0.15) is 5.01 Å². The first kappa shape index (κ1) is 17.7. The Morgan fingerprint density at radius 2 is 2.22 bits per heavy atom. The van der Waals surface area contributed by atoms with E-state index in [1.165, 1.54) is 11.3 Å². The first-order chi connectivity index (χ1) is 11.0. The highest BCUT2D eigenvalue weighted by Crippen LogP contribution is 2.22. The fourth-order valence-electron chi connectivity index (χ4n) is 2.52. The third kappa shape index (κ3) is 5.16. The van der Waals surface area contributed by atoms with E-state index in [1.54, 1.807) is 11.8 Å². The van der Waals surface area contributed by atoms with Crippen molar-refractivity contribution in [1.82, 2.24) is 15.1 Å². The van der Waals surface area contributed by atoms with Crippen LogP contribution in [0.4, 0.5) is 9.93 Å². The SMILES string of the molecule is CCOC(=O)N1CCCC(C(=O)Nc2nnc(CC(C)C)s2)C1. The maximum Gasteiger partial charge on any atom is 0.409 e. The molecule has 8 heteroatoms. The molecule has 0 aromatic carbocycles. The number of carbonyl (C=O) groups excluding carboxylic acids is 2. The number of rotatable bonds is 5. The van der Waals surface area contributed by atoms with Crippen LogP contribution in [0.5, 0.6) is 0 Å². The van der Waals surface area contributed by atoms with Crippen molar-refractivity contribution in [2.24, 2.45) is 11.8 Å². The molecule has 0 bridgehead atoms. The van der Waals surface area contributed by atoms with Gasteiger partial charge in [0.2, 0.25) is 11.0 Å². The van der Waals surface area contributed by atoms with Crippen molar-refractivity contribution in [3.63, 3.8) is 0 Å². The Bertz CT molecular complexity index is 547. The lowest BCUT2D eigenvalue weighted by molar-refractivity contribution is -0.121. The van der Waals surface area contributed by atoms with Gasteiger partial charge in [-0.2, -0.15) is 0 Å². The molecule has 0 saturated carbocycles. The highest BCUT2D eigenvalue weighted by atomic mass is 32.1. The topological polar surface area (TPSA) is 84.4 Å². The van der Waals surface area contributed by atoms with Gasteiger partial charge in [0.05, 0.1) is 12.5 Å². The van der Waals surface area contributed by atoms with Crippen molar-refractivity contribution < 1.29 is 14.3 Å². The zero-order chi connectivity index (χ0) is 16.8. The molecule has 2 rings (SSSR count). The van der Waals surface area contributed by atoms with Crippen LogP contribution in [0.3, 0.4) is 0 Å². The van der Waals surface area contributed by atoms with Gasteiger partial charge in [-0.3, -0.25) is 4.79 Å². The van der Waals surface area contributed by atoms with Crippen LogP contribution in [0, 0.1) is 11.8 Å². The number of ether oxygens (including phenoxy) is 1. The summed E-state index contributed by atoms with van der Waals surface area (Å²) in [4.78, 5) is 25.8. The van der Waals surface area contributed by atoms with E-state index in [-0.39, 0.29) is 17.9 Å². The smallest absolute Gasteiger partial charge is 0.409 e. The number of hydrogen-bond donors (Lipinski definition) is 1. The number of amides is 2. The van der Waals surface area contributed by atoms with E-state index in [0.29, 0.717) is 30.7 Å². The van der Waals surface area contributed by atoms with E-state index >= 15 is 0 Å². The zero-order valence-electron chi connectivity index (χ0n) is 13.9. The molecule has 7 nitrogen and oxygen atoms in total. The molecule has 128 valence electrons.